The predicted octanol–water partition coefficient (Wildman–Crippen LogP) is 1.17. The Morgan fingerprint density at radius 1 is 1.33 bits per heavy atom. The highest BCUT2D eigenvalue weighted by atomic mass is 35.5. The summed E-state index contributed by atoms with van der Waals surface area (Å²) in [5.74, 6) is -0.945. The molecule has 2 amide bonds. The summed E-state index contributed by atoms with van der Waals surface area (Å²) in [7, 11) is 0. The molecule has 7 heteroatoms. The van der Waals surface area contributed by atoms with E-state index in [1.54, 1.807) is 0 Å². The van der Waals surface area contributed by atoms with Crippen LogP contribution in [-0.4, -0.2) is 16.8 Å². The zero-order chi connectivity index (χ0) is 11.4. The first-order valence-corrected chi connectivity index (χ1v) is 4.64. The highest BCUT2D eigenvalue weighted by molar-refractivity contribution is 6.35. The first-order valence-electron chi connectivity index (χ1n) is 3.88. The molecule has 80 valence electrons. The quantitative estimate of drug-likeness (QED) is 0.578. The number of hydrogen-bond acceptors (Lipinski definition) is 3. The van der Waals surface area contributed by atoms with Gasteiger partial charge in [-0.2, -0.15) is 0 Å². The van der Waals surface area contributed by atoms with Crippen LogP contribution in [0.15, 0.2) is 12.3 Å². The van der Waals surface area contributed by atoms with Crippen LogP contribution in [-0.2, 0) is 4.79 Å². The van der Waals surface area contributed by atoms with Crippen LogP contribution in [0.2, 0.25) is 10.2 Å². The third-order valence-corrected chi connectivity index (χ3v) is 1.93. The third kappa shape index (κ3) is 3.38. The second-order valence-electron chi connectivity index (χ2n) is 2.62. The molecule has 0 aromatic carbocycles. The summed E-state index contributed by atoms with van der Waals surface area (Å²) in [6.45, 7) is 1.27. The number of hydrazine groups is 1. The molecule has 0 saturated heterocycles. The molecule has 1 aromatic rings. The first kappa shape index (κ1) is 11.7. The second kappa shape index (κ2) is 4.95. The van der Waals surface area contributed by atoms with Gasteiger partial charge in [-0.3, -0.25) is 20.4 Å². The second-order valence-corrected chi connectivity index (χ2v) is 3.42. The van der Waals surface area contributed by atoms with Crippen molar-refractivity contribution in [2.45, 2.75) is 6.92 Å². The van der Waals surface area contributed by atoms with Crippen molar-refractivity contribution in [3.63, 3.8) is 0 Å². The van der Waals surface area contributed by atoms with Crippen LogP contribution in [0.25, 0.3) is 0 Å². The summed E-state index contributed by atoms with van der Waals surface area (Å²) in [6, 6.07) is 1.31. The van der Waals surface area contributed by atoms with Crippen molar-refractivity contribution >= 4 is 35.0 Å². The first-order chi connectivity index (χ1) is 7.00. The minimum atomic E-state index is -0.556. The highest BCUT2D eigenvalue weighted by Crippen LogP contribution is 2.17. The Bertz CT molecular complexity index is 409. The number of halogens is 2. The van der Waals surface area contributed by atoms with Gasteiger partial charge in [-0.25, -0.2) is 4.98 Å². The third-order valence-electron chi connectivity index (χ3n) is 1.42. The number of rotatable bonds is 1. The fraction of sp³-hybridized carbons (Fsp3) is 0.125. The lowest BCUT2D eigenvalue weighted by molar-refractivity contribution is -0.119. The van der Waals surface area contributed by atoms with Gasteiger partial charge in [0.25, 0.3) is 5.91 Å². The van der Waals surface area contributed by atoms with Crippen LogP contribution >= 0.6 is 23.2 Å². The Kier molecular flexibility index (Phi) is 3.88. The van der Waals surface area contributed by atoms with E-state index >= 15 is 0 Å². The van der Waals surface area contributed by atoms with Crippen LogP contribution < -0.4 is 10.9 Å². The summed E-state index contributed by atoms with van der Waals surface area (Å²) in [5, 5.41) is 0.301. The average Bonchev–Trinajstić information content (AvgIpc) is 2.18. The van der Waals surface area contributed by atoms with Crippen LogP contribution in [0.4, 0.5) is 0 Å². The Balaban J connectivity index is 2.81. The largest absolute Gasteiger partial charge is 0.274 e. The lowest BCUT2D eigenvalue weighted by Gasteiger charge is -2.06. The minimum Gasteiger partial charge on any atom is -0.274 e. The van der Waals surface area contributed by atoms with E-state index in [1.165, 1.54) is 19.2 Å². The van der Waals surface area contributed by atoms with Gasteiger partial charge in [-0.1, -0.05) is 23.2 Å². The number of pyridine rings is 1. The number of nitrogens with zero attached hydrogens (tertiary/aromatic N) is 1. The van der Waals surface area contributed by atoms with E-state index in [2.05, 4.69) is 15.8 Å². The van der Waals surface area contributed by atoms with E-state index in [4.69, 9.17) is 23.2 Å². The number of carbonyl (C=O) groups excluding carboxylic acids is 2. The van der Waals surface area contributed by atoms with Gasteiger partial charge in [0.2, 0.25) is 5.91 Å². The van der Waals surface area contributed by atoms with Crippen molar-refractivity contribution in [2.24, 2.45) is 0 Å². The molecular weight excluding hydrogens is 241 g/mol. The van der Waals surface area contributed by atoms with Gasteiger partial charge >= 0.3 is 0 Å². The Labute approximate surface area is 95.7 Å². The molecule has 0 aliphatic carbocycles. The molecule has 5 nitrogen and oxygen atoms in total. The molecule has 0 atom stereocenters. The van der Waals surface area contributed by atoms with Crippen LogP contribution in [0.1, 0.15) is 17.3 Å². The van der Waals surface area contributed by atoms with Gasteiger partial charge in [0, 0.05) is 13.1 Å². The van der Waals surface area contributed by atoms with Gasteiger partial charge < -0.3 is 0 Å². The van der Waals surface area contributed by atoms with E-state index in [1.807, 2.05) is 0 Å². The summed E-state index contributed by atoms with van der Waals surface area (Å²) < 4.78 is 0. The lowest BCUT2D eigenvalue weighted by Crippen LogP contribution is -2.40. The standard InChI is InChI=1S/C8H7Cl2N3O2/c1-4(14)12-13-8(15)5-2-7(10)11-3-6(5)9/h2-3H,1H3,(H,12,14)(H,13,15). The zero-order valence-electron chi connectivity index (χ0n) is 7.67. The van der Waals surface area contributed by atoms with Gasteiger partial charge in [0.05, 0.1) is 10.6 Å². The highest BCUT2D eigenvalue weighted by Gasteiger charge is 2.11. The fourth-order valence-electron chi connectivity index (χ4n) is 0.799. The molecular formula is C8H7Cl2N3O2. The Hall–Kier alpha value is -1.33. The molecule has 1 rings (SSSR count). The number of aromatic nitrogens is 1. The summed E-state index contributed by atoms with van der Waals surface area (Å²) >= 11 is 11.3. The van der Waals surface area contributed by atoms with Crippen molar-refractivity contribution < 1.29 is 9.59 Å². The molecule has 0 aliphatic rings. The average molecular weight is 248 g/mol. The van der Waals surface area contributed by atoms with Crippen molar-refractivity contribution in [1.82, 2.24) is 15.8 Å². The molecule has 15 heavy (non-hydrogen) atoms. The molecule has 0 saturated carbocycles. The fourth-order valence-corrected chi connectivity index (χ4v) is 1.15. The maximum Gasteiger partial charge on any atom is 0.271 e. The molecule has 0 bridgehead atoms. The minimum absolute atomic E-state index is 0.144. The van der Waals surface area contributed by atoms with Crippen molar-refractivity contribution in [2.75, 3.05) is 0 Å². The van der Waals surface area contributed by atoms with E-state index in [9.17, 15) is 9.59 Å². The smallest absolute Gasteiger partial charge is 0.271 e. The topological polar surface area (TPSA) is 71.1 Å². The number of hydrogen-bond donors (Lipinski definition) is 2. The van der Waals surface area contributed by atoms with Crippen LogP contribution in [0, 0.1) is 0 Å². The number of carbonyl (C=O) groups is 2. The summed E-state index contributed by atoms with van der Waals surface area (Å²) in [6.07, 6.45) is 1.26. The maximum atomic E-state index is 11.4. The molecule has 0 spiro atoms. The number of amides is 2. The van der Waals surface area contributed by atoms with Crippen molar-refractivity contribution in [3.8, 4) is 0 Å². The molecule has 1 heterocycles. The van der Waals surface area contributed by atoms with Gasteiger partial charge in [0.1, 0.15) is 5.15 Å². The summed E-state index contributed by atoms with van der Waals surface area (Å²) in [5.41, 5.74) is 4.43. The monoisotopic (exact) mass is 247 g/mol. The van der Waals surface area contributed by atoms with Gasteiger partial charge in [0.15, 0.2) is 0 Å². The van der Waals surface area contributed by atoms with E-state index in [0.717, 1.165) is 0 Å². The summed E-state index contributed by atoms with van der Waals surface area (Å²) in [4.78, 5) is 25.6. The van der Waals surface area contributed by atoms with E-state index < -0.39 is 5.91 Å². The Morgan fingerprint density at radius 2 is 2.00 bits per heavy atom. The molecule has 0 fully saturated rings. The van der Waals surface area contributed by atoms with Gasteiger partial charge in [-0.15, -0.1) is 0 Å². The molecule has 0 radical (unpaired) electrons. The molecule has 1 aromatic heterocycles. The zero-order valence-corrected chi connectivity index (χ0v) is 9.19. The number of nitrogens with one attached hydrogen (secondary N) is 2. The molecule has 2 N–H and O–H groups in total. The molecule has 0 aliphatic heterocycles. The van der Waals surface area contributed by atoms with Crippen molar-refractivity contribution in [1.29, 1.82) is 0 Å². The van der Waals surface area contributed by atoms with Crippen LogP contribution in [0.5, 0.6) is 0 Å². The van der Waals surface area contributed by atoms with E-state index in [-0.39, 0.29) is 21.6 Å². The maximum absolute atomic E-state index is 11.4. The SMILES string of the molecule is CC(=O)NNC(=O)c1cc(Cl)ncc1Cl. The van der Waals surface area contributed by atoms with E-state index in [0.29, 0.717) is 0 Å². The lowest BCUT2D eigenvalue weighted by atomic mass is 10.2. The van der Waals surface area contributed by atoms with Crippen molar-refractivity contribution in [3.05, 3.63) is 28.0 Å². The predicted molar refractivity (Wildman–Crippen MR) is 55.5 cm³/mol. The normalized spacial score (nSPS) is 9.53. The van der Waals surface area contributed by atoms with Gasteiger partial charge in [-0.05, 0) is 6.07 Å². The molecule has 0 unspecified atom stereocenters. The Morgan fingerprint density at radius 3 is 2.60 bits per heavy atom. The van der Waals surface area contributed by atoms with Crippen LogP contribution in [0.3, 0.4) is 0 Å².